The fourth-order valence-electron chi connectivity index (χ4n) is 1.84. The van der Waals surface area contributed by atoms with Gasteiger partial charge in [-0.15, -0.1) is 0 Å². The number of benzene rings is 2. The van der Waals surface area contributed by atoms with Gasteiger partial charge in [0.1, 0.15) is 5.75 Å². The van der Waals surface area contributed by atoms with Crippen LogP contribution in [0.15, 0.2) is 53.6 Å². The maximum Gasteiger partial charge on any atom is 0.417 e. The predicted molar refractivity (Wildman–Crippen MR) is 79.5 cm³/mol. The van der Waals surface area contributed by atoms with Crippen LogP contribution in [0.2, 0.25) is 0 Å². The first-order valence-corrected chi connectivity index (χ1v) is 6.55. The van der Waals surface area contributed by atoms with Crippen molar-refractivity contribution in [3.8, 4) is 5.75 Å². The molecular weight excluding hydrogens is 309 g/mol. The van der Waals surface area contributed by atoms with Gasteiger partial charge in [-0.05, 0) is 30.3 Å². The van der Waals surface area contributed by atoms with Crippen LogP contribution < -0.4 is 10.2 Å². The second-order valence-corrected chi connectivity index (χ2v) is 4.51. The molecule has 2 rings (SSSR count). The fourth-order valence-corrected chi connectivity index (χ4v) is 1.84. The number of nitrogens with zero attached hydrogens (tertiary/aromatic N) is 1. The number of hydrazone groups is 1. The molecule has 0 bridgehead atoms. The summed E-state index contributed by atoms with van der Waals surface area (Å²) in [5.41, 5.74) is 1.55. The molecule has 23 heavy (non-hydrogen) atoms. The van der Waals surface area contributed by atoms with Gasteiger partial charge in [0.15, 0.2) is 0 Å². The van der Waals surface area contributed by atoms with E-state index in [0.717, 1.165) is 12.3 Å². The standard InChI is InChI=1S/C16H13F3N2O2/c1-23-13-8-6-11(7-9-13)15(22)21-20-10-12-4-2-3-5-14(12)16(17,18)19/h2-10H,1H3,(H,21,22). The Morgan fingerprint density at radius 2 is 1.78 bits per heavy atom. The molecule has 0 aliphatic rings. The van der Waals surface area contributed by atoms with Crippen LogP contribution in [0.4, 0.5) is 13.2 Å². The van der Waals surface area contributed by atoms with E-state index in [1.165, 1.54) is 37.4 Å². The molecule has 0 aliphatic heterocycles. The first-order chi connectivity index (χ1) is 10.9. The average Bonchev–Trinajstić information content (AvgIpc) is 2.54. The molecule has 0 fully saturated rings. The number of alkyl halides is 3. The number of methoxy groups -OCH3 is 1. The Bertz CT molecular complexity index is 710. The largest absolute Gasteiger partial charge is 0.497 e. The molecule has 2 aromatic rings. The van der Waals surface area contributed by atoms with Gasteiger partial charge in [-0.25, -0.2) is 5.43 Å². The third-order valence-electron chi connectivity index (χ3n) is 2.99. The number of ether oxygens (including phenoxy) is 1. The van der Waals surface area contributed by atoms with Gasteiger partial charge < -0.3 is 4.74 Å². The molecule has 0 atom stereocenters. The Balaban J connectivity index is 2.08. The van der Waals surface area contributed by atoms with E-state index in [1.54, 1.807) is 12.1 Å². The number of hydrogen-bond acceptors (Lipinski definition) is 3. The monoisotopic (exact) mass is 322 g/mol. The SMILES string of the molecule is COc1ccc(C(=O)NN=Cc2ccccc2C(F)(F)F)cc1. The molecule has 0 aromatic heterocycles. The molecule has 4 nitrogen and oxygen atoms in total. The lowest BCUT2D eigenvalue weighted by atomic mass is 10.1. The van der Waals surface area contributed by atoms with E-state index in [-0.39, 0.29) is 5.56 Å². The summed E-state index contributed by atoms with van der Waals surface area (Å²) >= 11 is 0. The van der Waals surface area contributed by atoms with Crippen molar-refractivity contribution in [3.63, 3.8) is 0 Å². The molecule has 0 saturated carbocycles. The molecule has 0 aliphatic carbocycles. The van der Waals surface area contributed by atoms with Gasteiger partial charge in [0.2, 0.25) is 0 Å². The van der Waals surface area contributed by atoms with Gasteiger partial charge in [-0.3, -0.25) is 4.79 Å². The van der Waals surface area contributed by atoms with E-state index in [9.17, 15) is 18.0 Å². The molecule has 0 heterocycles. The summed E-state index contributed by atoms with van der Waals surface area (Å²) in [5, 5.41) is 3.58. The zero-order chi connectivity index (χ0) is 16.9. The van der Waals surface area contributed by atoms with Crippen LogP contribution in [0.3, 0.4) is 0 Å². The maximum atomic E-state index is 12.8. The van der Waals surface area contributed by atoms with Crippen LogP contribution >= 0.6 is 0 Å². The summed E-state index contributed by atoms with van der Waals surface area (Å²) in [4.78, 5) is 11.8. The third-order valence-corrected chi connectivity index (χ3v) is 2.99. The van der Waals surface area contributed by atoms with Gasteiger partial charge in [0.25, 0.3) is 5.91 Å². The van der Waals surface area contributed by atoms with Crippen molar-refractivity contribution in [3.05, 3.63) is 65.2 Å². The third kappa shape index (κ3) is 4.32. The lowest BCUT2D eigenvalue weighted by molar-refractivity contribution is -0.137. The number of hydrogen-bond donors (Lipinski definition) is 1. The smallest absolute Gasteiger partial charge is 0.417 e. The highest BCUT2D eigenvalue weighted by Gasteiger charge is 2.32. The quantitative estimate of drug-likeness (QED) is 0.692. The second-order valence-electron chi connectivity index (χ2n) is 4.51. The van der Waals surface area contributed by atoms with Crippen molar-refractivity contribution in [1.29, 1.82) is 0 Å². The van der Waals surface area contributed by atoms with E-state index in [1.807, 2.05) is 0 Å². The van der Waals surface area contributed by atoms with E-state index >= 15 is 0 Å². The van der Waals surface area contributed by atoms with Crippen LogP contribution in [-0.2, 0) is 6.18 Å². The van der Waals surface area contributed by atoms with Crippen LogP contribution in [0.5, 0.6) is 5.75 Å². The first kappa shape index (κ1) is 16.5. The van der Waals surface area contributed by atoms with Crippen molar-refractivity contribution >= 4 is 12.1 Å². The van der Waals surface area contributed by atoms with Crippen molar-refractivity contribution in [2.75, 3.05) is 7.11 Å². The van der Waals surface area contributed by atoms with Gasteiger partial charge in [0, 0.05) is 11.1 Å². The van der Waals surface area contributed by atoms with E-state index in [2.05, 4.69) is 10.5 Å². The van der Waals surface area contributed by atoms with E-state index in [4.69, 9.17) is 4.74 Å². The zero-order valence-corrected chi connectivity index (χ0v) is 12.1. The molecule has 120 valence electrons. The number of carbonyl (C=O) groups is 1. The van der Waals surface area contributed by atoms with Crippen LogP contribution in [0.1, 0.15) is 21.5 Å². The summed E-state index contributed by atoms with van der Waals surface area (Å²) in [5.74, 6) is 0.0533. The molecule has 7 heteroatoms. The highest BCUT2D eigenvalue weighted by Crippen LogP contribution is 2.31. The highest BCUT2D eigenvalue weighted by molar-refractivity contribution is 5.95. The Kier molecular flexibility index (Phi) is 5.00. The topological polar surface area (TPSA) is 50.7 Å². The summed E-state index contributed by atoms with van der Waals surface area (Å²) in [6, 6.07) is 11.2. The molecule has 1 N–H and O–H groups in total. The number of amides is 1. The number of rotatable bonds is 4. The minimum Gasteiger partial charge on any atom is -0.497 e. The van der Waals surface area contributed by atoms with Gasteiger partial charge in [-0.2, -0.15) is 18.3 Å². The minimum absolute atomic E-state index is 0.130. The van der Waals surface area contributed by atoms with Gasteiger partial charge >= 0.3 is 6.18 Å². The predicted octanol–water partition coefficient (Wildman–Crippen LogP) is 3.48. The molecule has 1 amide bonds. The van der Waals surface area contributed by atoms with Crippen molar-refractivity contribution in [1.82, 2.24) is 5.43 Å². The Hall–Kier alpha value is -2.83. The Morgan fingerprint density at radius 1 is 1.13 bits per heavy atom. The maximum absolute atomic E-state index is 12.8. The summed E-state index contributed by atoms with van der Waals surface area (Å²) in [6.45, 7) is 0. The average molecular weight is 322 g/mol. The van der Waals surface area contributed by atoms with Crippen molar-refractivity contribution in [2.45, 2.75) is 6.18 Å². The number of carbonyl (C=O) groups excluding carboxylic acids is 1. The fraction of sp³-hybridized carbons (Fsp3) is 0.125. The van der Waals surface area contributed by atoms with Gasteiger partial charge in [0.05, 0.1) is 18.9 Å². The Morgan fingerprint density at radius 3 is 2.39 bits per heavy atom. The summed E-state index contributed by atoms with van der Waals surface area (Å²) in [7, 11) is 1.50. The van der Waals surface area contributed by atoms with E-state index in [0.29, 0.717) is 11.3 Å². The number of halogens is 3. The van der Waals surface area contributed by atoms with Gasteiger partial charge in [-0.1, -0.05) is 18.2 Å². The number of nitrogens with one attached hydrogen (secondary N) is 1. The second kappa shape index (κ2) is 6.95. The normalized spacial score (nSPS) is 11.5. The molecule has 0 radical (unpaired) electrons. The highest BCUT2D eigenvalue weighted by atomic mass is 19.4. The first-order valence-electron chi connectivity index (χ1n) is 6.55. The van der Waals surface area contributed by atoms with Crippen molar-refractivity contribution < 1.29 is 22.7 Å². The van der Waals surface area contributed by atoms with Crippen LogP contribution in [0.25, 0.3) is 0 Å². The lowest BCUT2D eigenvalue weighted by Crippen LogP contribution is -2.18. The lowest BCUT2D eigenvalue weighted by Gasteiger charge is -2.09. The molecule has 0 spiro atoms. The van der Waals surface area contributed by atoms with Crippen molar-refractivity contribution in [2.24, 2.45) is 5.10 Å². The molecular formula is C16H13F3N2O2. The summed E-state index contributed by atoms with van der Waals surface area (Å²) < 4.78 is 43.4. The zero-order valence-electron chi connectivity index (χ0n) is 12.1. The molecule has 0 saturated heterocycles. The molecule has 0 unspecified atom stereocenters. The Labute approximate surface area is 130 Å². The minimum atomic E-state index is -4.48. The summed E-state index contributed by atoms with van der Waals surface area (Å²) in [6.07, 6.45) is -3.52. The van der Waals surface area contributed by atoms with Crippen LogP contribution in [-0.4, -0.2) is 19.2 Å². The van der Waals surface area contributed by atoms with Crippen LogP contribution in [0, 0.1) is 0 Å². The van der Waals surface area contributed by atoms with E-state index < -0.39 is 17.6 Å². The molecule has 2 aromatic carbocycles.